The third kappa shape index (κ3) is 5.73. The molecule has 0 unspecified atom stereocenters. The number of fused-ring (bicyclic) bond motifs is 1. The molecule has 1 aliphatic heterocycles. The Morgan fingerprint density at radius 2 is 1.97 bits per heavy atom. The van der Waals surface area contributed by atoms with Crippen LogP contribution < -0.4 is 21.7 Å². The molecule has 184 valence electrons. The second-order valence-electron chi connectivity index (χ2n) is 10.2. The topological polar surface area (TPSA) is 96.2 Å². The molecule has 0 atom stereocenters. The number of hydrogen-bond donors (Lipinski definition) is 4. The van der Waals surface area contributed by atoms with Gasteiger partial charge in [0, 0.05) is 16.7 Å². The first-order valence-corrected chi connectivity index (χ1v) is 13.7. The number of rotatable bonds is 6. The molecule has 1 aromatic carbocycles. The first-order valence-electron chi connectivity index (χ1n) is 11.8. The van der Waals surface area contributed by atoms with Gasteiger partial charge in [0.1, 0.15) is 10.8 Å². The third-order valence-corrected chi connectivity index (χ3v) is 8.67. The van der Waals surface area contributed by atoms with Gasteiger partial charge in [0.05, 0.1) is 16.1 Å². The highest BCUT2D eigenvalue weighted by Gasteiger charge is 2.35. The number of halogens is 2. The van der Waals surface area contributed by atoms with Gasteiger partial charge >= 0.3 is 0 Å². The SMILES string of the molecule is CC1(C)CNC(=O)c2sc(Nc3ccc(I)cc3F)c(C(=O)NCC3CCC(CN)CC3)c2C1. The number of carbonyl (C=O) groups is 2. The Kier molecular flexibility index (Phi) is 7.83. The summed E-state index contributed by atoms with van der Waals surface area (Å²) in [6.45, 7) is 6.00. The molecule has 1 aromatic heterocycles. The van der Waals surface area contributed by atoms with Crippen LogP contribution in [0.1, 0.15) is 65.1 Å². The lowest BCUT2D eigenvalue weighted by Gasteiger charge is -2.28. The van der Waals surface area contributed by atoms with Gasteiger partial charge in [0.25, 0.3) is 11.8 Å². The van der Waals surface area contributed by atoms with Gasteiger partial charge in [0.2, 0.25) is 0 Å². The average Bonchev–Trinajstić information content (AvgIpc) is 3.10. The number of amides is 2. The molecule has 2 heterocycles. The van der Waals surface area contributed by atoms with Gasteiger partial charge in [0.15, 0.2) is 0 Å². The lowest BCUT2D eigenvalue weighted by Crippen LogP contribution is -2.33. The van der Waals surface area contributed by atoms with Crippen molar-refractivity contribution in [1.29, 1.82) is 0 Å². The van der Waals surface area contributed by atoms with E-state index in [0.717, 1.165) is 41.4 Å². The molecule has 2 amide bonds. The van der Waals surface area contributed by atoms with Gasteiger partial charge in [-0.05, 0) is 102 Å². The van der Waals surface area contributed by atoms with Crippen molar-refractivity contribution in [2.45, 2.75) is 46.0 Å². The molecule has 0 saturated heterocycles. The van der Waals surface area contributed by atoms with Gasteiger partial charge in [-0.1, -0.05) is 13.8 Å². The predicted molar refractivity (Wildman–Crippen MR) is 143 cm³/mol. The van der Waals surface area contributed by atoms with E-state index in [4.69, 9.17) is 5.73 Å². The molecule has 0 radical (unpaired) electrons. The maximum atomic E-state index is 14.6. The molecular formula is C25H32FIN4O2S. The van der Waals surface area contributed by atoms with Crippen LogP contribution in [0.2, 0.25) is 0 Å². The summed E-state index contributed by atoms with van der Waals surface area (Å²) in [6.07, 6.45) is 4.88. The van der Waals surface area contributed by atoms with Gasteiger partial charge in [-0.2, -0.15) is 0 Å². The summed E-state index contributed by atoms with van der Waals surface area (Å²) in [5.74, 6) is 0.213. The molecule has 4 rings (SSSR count). The largest absolute Gasteiger partial charge is 0.352 e. The van der Waals surface area contributed by atoms with Crippen molar-refractivity contribution in [2.24, 2.45) is 23.0 Å². The fourth-order valence-electron chi connectivity index (χ4n) is 4.80. The molecule has 1 fully saturated rings. The quantitative estimate of drug-likeness (QED) is 0.351. The number of anilines is 2. The van der Waals surface area contributed by atoms with Crippen molar-refractivity contribution < 1.29 is 14.0 Å². The molecule has 0 spiro atoms. The lowest BCUT2D eigenvalue weighted by atomic mass is 9.82. The van der Waals surface area contributed by atoms with Crippen molar-refractivity contribution >= 4 is 56.4 Å². The summed E-state index contributed by atoms with van der Waals surface area (Å²) in [6, 6.07) is 4.90. The molecule has 1 aliphatic carbocycles. The number of thiophene rings is 1. The number of hydrogen-bond acceptors (Lipinski definition) is 5. The Balaban J connectivity index is 1.63. The average molecular weight is 599 g/mol. The van der Waals surface area contributed by atoms with Gasteiger partial charge in [-0.25, -0.2) is 4.39 Å². The maximum Gasteiger partial charge on any atom is 0.261 e. The number of nitrogens with two attached hydrogens (primary N) is 1. The van der Waals surface area contributed by atoms with E-state index in [1.165, 1.54) is 17.4 Å². The summed E-state index contributed by atoms with van der Waals surface area (Å²) in [5.41, 5.74) is 7.08. The van der Waals surface area contributed by atoms with E-state index >= 15 is 0 Å². The Morgan fingerprint density at radius 1 is 1.26 bits per heavy atom. The summed E-state index contributed by atoms with van der Waals surface area (Å²) >= 11 is 3.28. The van der Waals surface area contributed by atoms with E-state index in [-0.39, 0.29) is 22.9 Å². The number of nitrogens with one attached hydrogen (secondary N) is 3. The van der Waals surface area contributed by atoms with E-state index in [1.54, 1.807) is 12.1 Å². The van der Waals surface area contributed by atoms with E-state index in [2.05, 4.69) is 52.4 Å². The minimum absolute atomic E-state index is 0.184. The zero-order valence-corrected chi connectivity index (χ0v) is 22.6. The molecule has 5 N–H and O–H groups in total. The molecule has 2 aromatic rings. The van der Waals surface area contributed by atoms with Crippen molar-refractivity contribution in [3.8, 4) is 0 Å². The van der Waals surface area contributed by atoms with Crippen LogP contribution in [0.25, 0.3) is 0 Å². The Morgan fingerprint density at radius 3 is 2.65 bits per heavy atom. The molecule has 9 heteroatoms. The minimum Gasteiger partial charge on any atom is -0.352 e. The van der Waals surface area contributed by atoms with E-state index in [0.29, 0.717) is 46.8 Å². The molecule has 1 saturated carbocycles. The van der Waals surface area contributed by atoms with Crippen LogP contribution in [0.4, 0.5) is 15.1 Å². The summed E-state index contributed by atoms with van der Waals surface area (Å²) in [5, 5.41) is 9.71. The van der Waals surface area contributed by atoms with Crippen molar-refractivity contribution in [2.75, 3.05) is 25.0 Å². The Hall–Kier alpha value is -1.72. The van der Waals surface area contributed by atoms with Gasteiger partial charge in [-0.3, -0.25) is 9.59 Å². The monoisotopic (exact) mass is 598 g/mol. The van der Waals surface area contributed by atoms with E-state index in [1.807, 2.05) is 0 Å². The van der Waals surface area contributed by atoms with E-state index in [9.17, 15) is 14.0 Å². The van der Waals surface area contributed by atoms with Crippen LogP contribution in [-0.2, 0) is 6.42 Å². The fourth-order valence-corrected chi connectivity index (χ4v) is 6.39. The predicted octanol–water partition coefficient (Wildman–Crippen LogP) is 5.04. The summed E-state index contributed by atoms with van der Waals surface area (Å²) < 4.78 is 15.4. The number of benzene rings is 1. The zero-order valence-electron chi connectivity index (χ0n) is 19.6. The van der Waals surface area contributed by atoms with Crippen LogP contribution in [0.3, 0.4) is 0 Å². The zero-order chi connectivity index (χ0) is 24.5. The van der Waals surface area contributed by atoms with Crippen LogP contribution >= 0.6 is 33.9 Å². The summed E-state index contributed by atoms with van der Waals surface area (Å²) in [7, 11) is 0. The molecular weight excluding hydrogens is 566 g/mol. The highest BCUT2D eigenvalue weighted by atomic mass is 127. The van der Waals surface area contributed by atoms with Crippen LogP contribution in [0.15, 0.2) is 18.2 Å². The fraction of sp³-hybridized carbons (Fsp3) is 0.520. The highest BCUT2D eigenvalue weighted by Crippen LogP contribution is 2.40. The standard InChI is InChI=1S/C25H32FIN4O2S/c1-25(2)10-17-20(22(32)29-12-15-5-3-14(11-28)4-6-15)24(34-21(17)23(33)30-13-25)31-19-8-7-16(27)9-18(19)26/h7-9,14-15,31H,3-6,10-13,28H2,1-2H3,(H,29,32)(H,30,33). The highest BCUT2D eigenvalue weighted by molar-refractivity contribution is 14.1. The van der Waals surface area contributed by atoms with Crippen LogP contribution in [-0.4, -0.2) is 31.4 Å². The maximum absolute atomic E-state index is 14.6. The van der Waals surface area contributed by atoms with Crippen molar-refractivity contribution in [3.05, 3.63) is 43.6 Å². The summed E-state index contributed by atoms with van der Waals surface area (Å²) in [4.78, 5) is 26.9. The third-order valence-electron chi connectivity index (χ3n) is 6.85. The normalized spacial score (nSPS) is 21.9. The van der Waals surface area contributed by atoms with Crippen LogP contribution in [0, 0.1) is 26.6 Å². The van der Waals surface area contributed by atoms with Crippen LogP contribution in [0.5, 0.6) is 0 Å². The first-order chi connectivity index (χ1) is 16.2. The Labute approximate surface area is 217 Å². The number of carbonyl (C=O) groups excluding carboxylic acids is 2. The van der Waals surface area contributed by atoms with Crippen molar-refractivity contribution in [3.63, 3.8) is 0 Å². The lowest BCUT2D eigenvalue weighted by molar-refractivity contribution is 0.0938. The molecule has 6 nitrogen and oxygen atoms in total. The molecule has 34 heavy (non-hydrogen) atoms. The first kappa shape index (κ1) is 25.4. The second kappa shape index (κ2) is 10.5. The minimum atomic E-state index is -0.400. The Bertz CT molecular complexity index is 1080. The molecule has 2 aliphatic rings. The van der Waals surface area contributed by atoms with E-state index < -0.39 is 5.82 Å². The smallest absolute Gasteiger partial charge is 0.261 e. The van der Waals surface area contributed by atoms with Gasteiger partial charge < -0.3 is 21.7 Å². The van der Waals surface area contributed by atoms with Gasteiger partial charge in [-0.15, -0.1) is 11.3 Å². The second-order valence-corrected chi connectivity index (χ2v) is 12.5. The molecule has 0 bridgehead atoms. The van der Waals surface area contributed by atoms with Crippen molar-refractivity contribution in [1.82, 2.24) is 10.6 Å².